The van der Waals surface area contributed by atoms with Gasteiger partial charge in [0.1, 0.15) is 0 Å². The number of hydrogen-bond donors (Lipinski definition) is 2. The SMILES string of the molecule is C/C=C/[C@@H](C(=O)NC(N)=O)C(C)C. The Kier molecular flexibility index (Phi) is 4.80. The van der Waals surface area contributed by atoms with E-state index in [1.165, 1.54) is 0 Å². The topological polar surface area (TPSA) is 72.2 Å². The van der Waals surface area contributed by atoms with E-state index in [-0.39, 0.29) is 17.7 Å². The Balaban J connectivity index is 4.37. The van der Waals surface area contributed by atoms with Crippen molar-refractivity contribution < 1.29 is 9.59 Å². The van der Waals surface area contributed by atoms with E-state index in [0.717, 1.165) is 0 Å². The Morgan fingerprint density at radius 1 is 1.38 bits per heavy atom. The van der Waals surface area contributed by atoms with E-state index in [9.17, 15) is 9.59 Å². The molecule has 0 aliphatic rings. The van der Waals surface area contributed by atoms with Crippen LogP contribution >= 0.6 is 0 Å². The predicted octanol–water partition coefficient (Wildman–Crippen LogP) is 1.03. The van der Waals surface area contributed by atoms with E-state index < -0.39 is 6.03 Å². The van der Waals surface area contributed by atoms with Crippen LogP contribution in [0.25, 0.3) is 0 Å². The van der Waals surface area contributed by atoms with Crippen molar-refractivity contribution in [3.8, 4) is 0 Å². The summed E-state index contributed by atoms with van der Waals surface area (Å²) in [6.07, 6.45) is 3.54. The van der Waals surface area contributed by atoms with Crippen molar-refractivity contribution in [3.63, 3.8) is 0 Å². The number of nitrogens with one attached hydrogen (secondary N) is 1. The molecule has 0 aromatic heterocycles. The van der Waals surface area contributed by atoms with Crippen molar-refractivity contribution in [1.29, 1.82) is 0 Å². The number of urea groups is 1. The fraction of sp³-hybridized carbons (Fsp3) is 0.556. The number of primary amides is 1. The van der Waals surface area contributed by atoms with Crippen LogP contribution in [0.4, 0.5) is 4.79 Å². The zero-order chi connectivity index (χ0) is 10.4. The highest BCUT2D eigenvalue weighted by atomic mass is 16.2. The lowest BCUT2D eigenvalue weighted by atomic mass is 9.94. The molecule has 0 aromatic carbocycles. The van der Waals surface area contributed by atoms with E-state index in [1.54, 1.807) is 12.2 Å². The van der Waals surface area contributed by atoms with Gasteiger partial charge in [0.15, 0.2) is 0 Å². The molecule has 0 unspecified atom stereocenters. The lowest BCUT2D eigenvalue weighted by Gasteiger charge is -2.14. The van der Waals surface area contributed by atoms with Crippen molar-refractivity contribution >= 4 is 11.9 Å². The zero-order valence-corrected chi connectivity index (χ0v) is 8.20. The van der Waals surface area contributed by atoms with Gasteiger partial charge in [0.05, 0.1) is 5.92 Å². The number of imide groups is 1. The van der Waals surface area contributed by atoms with Crippen LogP contribution in [0.3, 0.4) is 0 Å². The van der Waals surface area contributed by atoms with Crippen LogP contribution in [0, 0.1) is 11.8 Å². The van der Waals surface area contributed by atoms with Crippen LogP contribution in [-0.2, 0) is 4.79 Å². The van der Waals surface area contributed by atoms with Gasteiger partial charge in [-0.2, -0.15) is 0 Å². The summed E-state index contributed by atoms with van der Waals surface area (Å²) in [5.74, 6) is -0.492. The fourth-order valence-electron chi connectivity index (χ4n) is 1.02. The summed E-state index contributed by atoms with van der Waals surface area (Å²) < 4.78 is 0. The number of rotatable bonds is 3. The Hall–Kier alpha value is -1.32. The molecule has 13 heavy (non-hydrogen) atoms. The first kappa shape index (κ1) is 11.7. The van der Waals surface area contributed by atoms with E-state index in [0.29, 0.717) is 0 Å². The minimum absolute atomic E-state index is 0.149. The maximum atomic E-state index is 11.3. The molecule has 0 bridgehead atoms. The number of carbonyl (C=O) groups is 2. The van der Waals surface area contributed by atoms with Crippen LogP contribution in [0.2, 0.25) is 0 Å². The summed E-state index contributed by atoms with van der Waals surface area (Å²) in [5, 5.41) is 2.06. The minimum Gasteiger partial charge on any atom is -0.351 e. The molecule has 4 heteroatoms. The molecule has 0 radical (unpaired) electrons. The third-order valence-corrected chi connectivity index (χ3v) is 1.67. The summed E-state index contributed by atoms with van der Waals surface area (Å²) in [6, 6.07) is -0.805. The Labute approximate surface area is 78.2 Å². The van der Waals surface area contributed by atoms with Crippen molar-refractivity contribution in [2.24, 2.45) is 17.6 Å². The second-order valence-electron chi connectivity index (χ2n) is 3.15. The van der Waals surface area contributed by atoms with Gasteiger partial charge in [0.25, 0.3) is 0 Å². The third kappa shape index (κ3) is 4.30. The standard InChI is InChI=1S/C9H16N2O2/c1-4-5-7(6(2)3)8(12)11-9(10)13/h4-7H,1-3H3,(H3,10,11,12,13)/b5-4+/t7-/m1/s1. The molecule has 0 aliphatic heterocycles. The number of nitrogens with two attached hydrogens (primary N) is 1. The minimum atomic E-state index is -0.805. The van der Waals surface area contributed by atoms with Gasteiger partial charge in [-0.05, 0) is 12.8 Å². The third-order valence-electron chi connectivity index (χ3n) is 1.67. The Morgan fingerprint density at radius 3 is 2.23 bits per heavy atom. The van der Waals surface area contributed by atoms with Gasteiger partial charge < -0.3 is 5.73 Å². The second-order valence-corrected chi connectivity index (χ2v) is 3.15. The first-order chi connectivity index (χ1) is 5.99. The van der Waals surface area contributed by atoms with Crippen molar-refractivity contribution in [2.45, 2.75) is 20.8 Å². The average Bonchev–Trinajstić information content (AvgIpc) is 1.97. The molecule has 0 saturated heterocycles. The van der Waals surface area contributed by atoms with E-state index in [2.05, 4.69) is 5.32 Å². The quantitative estimate of drug-likeness (QED) is 0.643. The Bertz CT molecular complexity index is 222. The molecule has 0 aromatic rings. The summed E-state index contributed by atoms with van der Waals surface area (Å²) in [4.78, 5) is 21.7. The molecule has 0 aliphatic carbocycles. The van der Waals surface area contributed by atoms with Crippen LogP contribution < -0.4 is 11.1 Å². The van der Waals surface area contributed by atoms with E-state index in [4.69, 9.17) is 5.73 Å². The summed E-state index contributed by atoms with van der Waals surface area (Å²) in [6.45, 7) is 5.64. The molecule has 4 nitrogen and oxygen atoms in total. The summed E-state index contributed by atoms with van der Waals surface area (Å²) in [5.41, 5.74) is 4.83. The highest BCUT2D eigenvalue weighted by molar-refractivity contribution is 5.95. The second kappa shape index (κ2) is 5.35. The first-order valence-corrected chi connectivity index (χ1v) is 4.22. The van der Waals surface area contributed by atoms with Gasteiger partial charge in [-0.15, -0.1) is 0 Å². The van der Waals surface area contributed by atoms with Gasteiger partial charge in [-0.3, -0.25) is 10.1 Å². The fourth-order valence-corrected chi connectivity index (χ4v) is 1.02. The van der Waals surface area contributed by atoms with Crippen LogP contribution in [0.5, 0.6) is 0 Å². The molecule has 3 N–H and O–H groups in total. The van der Waals surface area contributed by atoms with Gasteiger partial charge in [-0.1, -0.05) is 26.0 Å². The van der Waals surface area contributed by atoms with Crippen molar-refractivity contribution in [1.82, 2.24) is 5.32 Å². The van der Waals surface area contributed by atoms with Gasteiger partial charge in [0.2, 0.25) is 5.91 Å². The normalized spacial score (nSPS) is 13.2. The largest absolute Gasteiger partial charge is 0.351 e. The van der Waals surface area contributed by atoms with Crippen LogP contribution in [0.1, 0.15) is 20.8 Å². The smallest absolute Gasteiger partial charge is 0.318 e. The monoisotopic (exact) mass is 184 g/mol. The number of carbonyl (C=O) groups excluding carboxylic acids is 2. The highest BCUT2D eigenvalue weighted by Crippen LogP contribution is 2.12. The molecule has 1 atom stereocenters. The first-order valence-electron chi connectivity index (χ1n) is 4.22. The lowest BCUT2D eigenvalue weighted by Crippen LogP contribution is -2.40. The van der Waals surface area contributed by atoms with E-state index in [1.807, 2.05) is 20.8 Å². The summed E-state index contributed by atoms with van der Waals surface area (Å²) >= 11 is 0. The Morgan fingerprint density at radius 2 is 1.92 bits per heavy atom. The number of amides is 3. The highest BCUT2D eigenvalue weighted by Gasteiger charge is 2.19. The van der Waals surface area contributed by atoms with E-state index >= 15 is 0 Å². The molecule has 0 spiro atoms. The summed E-state index contributed by atoms with van der Waals surface area (Å²) in [7, 11) is 0. The number of hydrogen-bond acceptors (Lipinski definition) is 2. The maximum absolute atomic E-state index is 11.3. The maximum Gasteiger partial charge on any atom is 0.318 e. The molecule has 74 valence electrons. The van der Waals surface area contributed by atoms with Crippen LogP contribution in [0.15, 0.2) is 12.2 Å². The van der Waals surface area contributed by atoms with Crippen molar-refractivity contribution in [2.75, 3.05) is 0 Å². The van der Waals surface area contributed by atoms with Crippen molar-refractivity contribution in [3.05, 3.63) is 12.2 Å². The molecular weight excluding hydrogens is 168 g/mol. The number of allylic oxidation sites excluding steroid dienone is 1. The van der Waals surface area contributed by atoms with Gasteiger partial charge in [0, 0.05) is 0 Å². The predicted molar refractivity (Wildman–Crippen MR) is 50.9 cm³/mol. The average molecular weight is 184 g/mol. The van der Waals surface area contributed by atoms with Crippen LogP contribution in [-0.4, -0.2) is 11.9 Å². The zero-order valence-electron chi connectivity index (χ0n) is 8.20. The van der Waals surface area contributed by atoms with Gasteiger partial charge >= 0.3 is 6.03 Å². The molecule has 0 heterocycles. The molecule has 3 amide bonds. The lowest BCUT2D eigenvalue weighted by molar-refractivity contribution is -0.123. The van der Waals surface area contributed by atoms with Gasteiger partial charge in [-0.25, -0.2) is 4.79 Å². The molecule has 0 fully saturated rings. The molecular formula is C9H16N2O2. The molecule has 0 rings (SSSR count). The molecule has 0 saturated carbocycles.